The molecule has 0 aliphatic heterocycles. The van der Waals surface area contributed by atoms with Crippen molar-refractivity contribution in [2.45, 2.75) is 13.5 Å². The number of rotatable bonds is 9. The van der Waals surface area contributed by atoms with E-state index in [2.05, 4.69) is 10.6 Å². The molecule has 33 heavy (non-hydrogen) atoms. The number of thiophene rings is 1. The third-order valence-corrected chi connectivity index (χ3v) is 5.68. The van der Waals surface area contributed by atoms with Gasteiger partial charge in [-0.2, -0.15) is 0 Å². The molecule has 0 radical (unpaired) electrons. The number of ether oxygens (including phenoxy) is 3. The predicted octanol–water partition coefficient (Wildman–Crippen LogP) is 4.17. The molecule has 1 heterocycles. The van der Waals surface area contributed by atoms with E-state index in [-0.39, 0.29) is 18.1 Å². The van der Waals surface area contributed by atoms with E-state index in [0.717, 1.165) is 10.4 Å². The maximum absolute atomic E-state index is 13.1. The molecular formula is C25H26N2O5S. The second-order valence-electron chi connectivity index (χ2n) is 7.07. The second kappa shape index (κ2) is 11.2. The lowest BCUT2D eigenvalue weighted by atomic mass is 10.1. The lowest BCUT2D eigenvalue weighted by Crippen LogP contribution is -2.34. The summed E-state index contributed by atoms with van der Waals surface area (Å²) in [6.45, 7) is 2.10. The van der Waals surface area contributed by atoms with E-state index < -0.39 is 5.91 Å². The fraction of sp³-hybridized carbons (Fsp3) is 0.200. The standard InChI is InChI=1S/C25H26N2O5S/c1-16-7-9-17(10-8-16)24(28)27-20(14-19-6-5-13-33-19)25(29)26-15-18-11-12-21(30-2)23(32-4)22(18)31-3/h5-14H,15H2,1-4H3,(H,26,29)(H,27,28)/b20-14-. The molecule has 0 fully saturated rings. The molecule has 0 spiro atoms. The molecule has 2 N–H and O–H groups in total. The number of carbonyl (C=O) groups is 2. The van der Waals surface area contributed by atoms with Crippen LogP contribution in [0.5, 0.6) is 17.2 Å². The Morgan fingerprint density at radius 2 is 1.67 bits per heavy atom. The number of nitrogens with one attached hydrogen (secondary N) is 2. The zero-order chi connectivity index (χ0) is 23.8. The van der Waals surface area contributed by atoms with Crippen LogP contribution in [0, 0.1) is 6.92 Å². The van der Waals surface area contributed by atoms with E-state index in [9.17, 15) is 9.59 Å². The monoisotopic (exact) mass is 466 g/mol. The summed E-state index contributed by atoms with van der Waals surface area (Å²) in [5, 5.41) is 7.49. The zero-order valence-corrected chi connectivity index (χ0v) is 19.7. The van der Waals surface area contributed by atoms with Crippen LogP contribution in [0.15, 0.2) is 59.6 Å². The van der Waals surface area contributed by atoms with Gasteiger partial charge >= 0.3 is 0 Å². The van der Waals surface area contributed by atoms with Crippen molar-refractivity contribution in [3.8, 4) is 17.2 Å². The van der Waals surface area contributed by atoms with Crippen LogP contribution in [0.1, 0.15) is 26.4 Å². The van der Waals surface area contributed by atoms with E-state index in [1.54, 1.807) is 30.3 Å². The van der Waals surface area contributed by atoms with Gasteiger partial charge in [0.05, 0.1) is 21.3 Å². The molecule has 0 atom stereocenters. The maximum Gasteiger partial charge on any atom is 0.268 e. The van der Waals surface area contributed by atoms with Gasteiger partial charge in [0.25, 0.3) is 11.8 Å². The number of carbonyl (C=O) groups excluding carboxylic acids is 2. The summed E-state index contributed by atoms with van der Waals surface area (Å²) in [5.41, 5.74) is 2.35. The summed E-state index contributed by atoms with van der Waals surface area (Å²) in [7, 11) is 4.58. The Hall–Kier alpha value is -3.78. The van der Waals surface area contributed by atoms with E-state index >= 15 is 0 Å². The van der Waals surface area contributed by atoms with Crippen molar-refractivity contribution in [3.05, 3.63) is 81.2 Å². The SMILES string of the molecule is COc1ccc(CNC(=O)/C(=C/c2cccs2)NC(=O)c2ccc(C)cc2)c(OC)c1OC. The topological polar surface area (TPSA) is 85.9 Å². The van der Waals surface area contributed by atoms with E-state index in [4.69, 9.17) is 14.2 Å². The molecule has 3 aromatic rings. The number of amides is 2. The summed E-state index contributed by atoms with van der Waals surface area (Å²) < 4.78 is 16.2. The predicted molar refractivity (Wildman–Crippen MR) is 129 cm³/mol. The Balaban J connectivity index is 1.81. The van der Waals surface area contributed by atoms with Gasteiger partial charge in [-0.05, 0) is 48.7 Å². The van der Waals surface area contributed by atoms with Gasteiger partial charge in [0.1, 0.15) is 5.70 Å². The fourth-order valence-corrected chi connectivity index (χ4v) is 3.80. The first-order valence-corrected chi connectivity index (χ1v) is 11.0. The molecule has 172 valence electrons. The smallest absolute Gasteiger partial charge is 0.268 e. The van der Waals surface area contributed by atoms with Crippen LogP contribution in [-0.4, -0.2) is 33.1 Å². The number of hydrogen-bond acceptors (Lipinski definition) is 6. The van der Waals surface area contributed by atoms with Gasteiger partial charge in [0.15, 0.2) is 11.5 Å². The van der Waals surface area contributed by atoms with Gasteiger partial charge < -0.3 is 24.8 Å². The first-order chi connectivity index (χ1) is 16.0. The molecule has 2 amide bonds. The van der Waals surface area contributed by atoms with Crippen LogP contribution in [0.2, 0.25) is 0 Å². The van der Waals surface area contributed by atoms with Crippen molar-refractivity contribution in [3.63, 3.8) is 0 Å². The Kier molecular flexibility index (Phi) is 8.10. The fourth-order valence-electron chi connectivity index (χ4n) is 3.15. The lowest BCUT2D eigenvalue weighted by molar-refractivity contribution is -0.117. The normalized spacial score (nSPS) is 11.0. The van der Waals surface area contributed by atoms with Crippen molar-refractivity contribution in [1.82, 2.24) is 10.6 Å². The van der Waals surface area contributed by atoms with Crippen LogP contribution in [-0.2, 0) is 11.3 Å². The number of benzene rings is 2. The highest BCUT2D eigenvalue weighted by molar-refractivity contribution is 7.10. The van der Waals surface area contributed by atoms with Crippen molar-refractivity contribution in [2.75, 3.05) is 21.3 Å². The molecule has 0 unspecified atom stereocenters. The molecule has 0 aliphatic carbocycles. The quantitative estimate of drug-likeness (QED) is 0.463. The molecule has 1 aromatic heterocycles. The Labute approximate surface area is 197 Å². The van der Waals surface area contributed by atoms with Gasteiger partial charge in [0.2, 0.25) is 5.75 Å². The molecule has 7 nitrogen and oxygen atoms in total. The first kappa shape index (κ1) is 23.9. The van der Waals surface area contributed by atoms with E-state index in [0.29, 0.717) is 28.4 Å². The average Bonchev–Trinajstić information content (AvgIpc) is 3.34. The minimum absolute atomic E-state index is 0.141. The Morgan fingerprint density at radius 3 is 2.27 bits per heavy atom. The first-order valence-electron chi connectivity index (χ1n) is 10.2. The van der Waals surface area contributed by atoms with Gasteiger partial charge in [-0.3, -0.25) is 9.59 Å². The second-order valence-corrected chi connectivity index (χ2v) is 8.05. The van der Waals surface area contributed by atoms with Crippen LogP contribution in [0.25, 0.3) is 6.08 Å². The molecule has 0 aliphatic rings. The van der Waals surface area contributed by atoms with Crippen molar-refractivity contribution >= 4 is 29.2 Å². The number of aryl methyl sites for hydroxylation is 1. The molecule has 8 heteroatoms. The Morgan fingerprint density at radius 1 is 0.939 bits per heavy atom. The Bertz CT molecular complexity index is 1140. The highest BCUT2D eigenvalue weighted by Gasteiger charge is 2.19. The summed E-state index contributed by atoms with van der Waals surface area (Å²) in [4.78, 5) is 26.6. The van der Waals surface area contributed by atoms with Crippen molar-refractivity contribution in [2.24, 2.45) is 0 Å². The minimum Gasteiger partial charge on any atom is -0.493 e. The third kappa shape index (κ3) is 5.93. The highest BCUT2D eigenvalue weighted by atomic mass is 32.1. The number of methoxy groups -OCH3 is 3. The largest absolute Gasteiger partial charge is 0.493 e. The molecule has 0 saturated heterocycles. The van der Waals surface area contributed by atoms with Gasteiger partial charge in [-0.25, -0.2) is 0 Å². The maximum atomic E-state index is 13.1. The van der Waals surface area contributed by atoms with Crippen LogP contribution in [0.4, 0.5) is 0 Å². The van der Waals surface area contributed by atoms with E-state index in [1.807, 2.05) is 36.6 Å². The molecular weight excluding hydrogens is 440 g/mol. The van der Waals surface area contributed by atoms with Crippen LogP contribution < -0.4 is 24.8 Å². The average molecular weight is 467 g/mol. The van der Waals surface area contributed by atoms with Crippen molar-refractivity contribution in [1.29, 1.82) is 0 Å². The van der Waals surface area contributed by atoms with Crippen molar-refractivity contribution < 1.29 is 23.8 Å². The van der Waals surface area contributed by atoms with Crippen LogP contribution in [0.3, 0.4) is 0 Å². The molecule has 2 aromatic carbocycles. The highest BCUT2D eigenvalue weighted by Crippen LogP contribution is 2.39. The lowest BCUT2D eigenvalue weighted by Gasteiger charge is -2.16. The van der Waals surface area contributed by atoms with Gasteiger partial charge in [0, 0.05) is 22.5 Å². The van der Waals surface area contributed by atoms with Crippen LogP contribution >= 0.6 is 11.3 Å². The number of hydrogen-bond donors (Lipinski definition) is 2. The molecule has 0 bridgehead atoms. The summed E-state index contributed by atoms with van der Waals surface area (Å²) in [6, 6.07) is 14.4. The summed E-state index contributed by atoms with van der Waals surface area (Å²) >= 11 is 1.46. The third-order valence-electron chi connectivity index (χ3n) is 4.86. The zero-order valence-electron chi connectivity index (χ0n) is 18.9. The summed E-state index contributed by atoms with van der Waals surface area (Å²) in [6.07, 6.45) is 1.65. The molecule has 0 saturated carbocycles. The summed E-state index contributed by atoms with van der Waals surface area (Å²) in [5.74, 6) is 0.629. The van der Waals surface area contributed by atoms with E-state index in [1.165, 1.54) is 32.7 Å². The van der Waals surface area contributed by atoms with Gasteiger partial charge in [-0.1, -0.05) is 23.8 Å². The minimum atomic E-state index is -0.430. The van der Waals surface area contributed by atoms with Gasteiger partial charge in [-0.15, -0.1) is 11.3 Å². The molecule has 3 rings (SSSR count).